The maximum Gasteiger partial charge on any atom is 0.429 e. The van der Waals surface area contributed by atoms with Crippen molar-refractivity contribution >= 4 is 29.3 Å². The van der Waals surface area contributed by atoms with Crippen LogP contribution in [0, 0.1) is 5.41 Å². The smallest absolute Gasteiger partial charge is 0.429 e. The molecule has 0 saturated carbocycles. The highest BCUT2D eigenvalue weighted by Gasteiger charge is 2.45. The molecule has 8 nitrogen and oxygen atoms in total. The summed E-state index contributed by atoms with van der Waals surface area (Å²) in [4.78, 5) is 21.4. The first-order chi connectivity index (χ1) is 18.5. The molecule has 0 unspecified atom stereocenters. The van der Waals surface area contributed by atoms with E-state index < -0.39 is 24.3 Å². The number of anilines is 2. The molecule has 2 aliphatic heterocycles. The molecule has 2 aliphatic rings. The van der Waals surface area contributed by atoms with E-state index in [1.54, 1.807) is 36.4 Å². The molecule has 0 radical (unpaired) electrons. The van der Waals surface area contributed by atoms with Gasteiger partial charge in [-0.15, -0.1) is 0 Å². The molecular weight excluding hydrogens is 535 g/mol. The molecule has 1 aromatic heterocycles. The van der Waals surface area contributed by atoms with Gasteiger partial charge in [0.25, 0.3) is 0 Å². The fourth-order valence-corrected chi connectivity index (χ4v) is 5.40. The lowest BCUT2D eigenvalue weighted by Crippen LogP contribution is -2.41. The van der Waals surface area contributed by atoms with Gasteiger partial charge < -0.3 is 25.8 Å². The summed E-state index contributed by atoms with van der Waals surface area (Å²) in [6, 6.07) is 13.7. The molecule has 39 heavy (non-hydrogen) atoms. The standard InChI is InChI=1S/C27H27ClF3N5O3/c28-19-7-5-17(6-8-19)16-1-3-18(4-2-16)23(27(29,30)31)39-22-13-21(34-25(32)35-22)36-11-9-26(10-12-36)14-20(24(37)38)33-15-26/h1-8,13,20,23,33H,9-12,14-15H2,(H,37,38)(H2,32,34,35)/t20-,23+/m0/s1. The summed E-state index contributed by atoms with van der Waals surface area (Å²) >= 11 is 5.92. The number of nitrogen functional groups attached to an aromatic ring is 1. The molecule has 0 bridgehead atoms. The summed E-state index contributed by atoms with van der Waals surface area (Å²) < 4.78 is 47.7. The third-order valence-electron chi connectivity index (χ3n) is 7.44. The van der Waals surface area contributed by atoms with Crippen LogP contribution >= 0.6 is 11.6 Å². The highest BCUT2D eigenvalue weighted by molar-refractivity contribution is 6.30. The van der Waals surface area contributed by atoms with Gasteiger partial charge >= 0.3 is 12.1 Å². The first kappa shape index (κ1) is 27.0. The first-order valence-corrected chi connectivity index (χ1v) is 12.8. The molecule has 2 atom stereocenters. The Labute approximate surface area is 228 Å². The van der Waals surface area contributed by atoms with Gasteiger partial charge in [0.15, 0.2) is 0 Å². The molecule has 1 spiro atoms. The number of alkyl halides is 3. The molecule has 206 valence electrons. The van der Waals surface area contributed by atoms with Crippen molar-refractivity contribution in [2.24, 2.45) is 5.41 Å². The van der Waals surface area contributed by atoms with Crippen molar-refractivity contribution in [2.45, 2.75) is 37.6 Å². The van der Waals surface area contributed by atoms with Gasteiger partial charge in [-0.3, -0.25) is 4.79 Å². The maximum absolute atomic E-state index is 14.1. The molecular formula is C27H27ClF3N5O3. The van der Waals surface area contributed by atoms with Crippen molar-refractivity contribution in [3.63, 3.8) is 0 Å². The number of hydrogen-bond acceptors (Lipinski definition) is 7. The monoisotopic (exact) mass is 561 g/mol. The molecule has 2 aromatic carbocycles. The summed E-state index contributed by atoms with van der Waals surface area (Å²) in [6.07, 6.45) is -5.00. The van der Waals surface area contributed by atoms with E-state index in [9.17, 15) is 23.1 Å². The van der Waals surface area contributed by atoms with Crippen LogP contribution in [0.3, 0.4) is 0 Å². The number of aromatic nitrogens is 2. The Morgan fingerprint density at radius 1 is 1.10 bits per heavy atom. The Morgan fingerprint density at radius 2 is 1.72 bits per heavy atom. The quantitative estimate of drug-likeness (QED) is 0.381. The molecule has 4 N–H and O–H groups in total. The lowest BCUT2D eigenvalue weighted by Gasteiger charge is -2.39. The van der Waals surface area contributed by atoms with Gasteiger partial charge in [-0.2, -0.15) is 23.1 Å². The molecule has 5 rings (SSSR count). The second-order valence-electron chi connectivity index (χ2n) is 10.1. The van der Waals surface area contributed by atoms with Crippen LogP contribution in [-0.4, -0.2) is 52.9 Å². The van der Waals surface area contributed by atoms with E-state index in [1.165, 1.54) is 18.2 Å². The number of halogens is 4. The highest BCUT2D eigenvalue weighted by atomic mass is 35.5. The number of nitrogens with two attached hydrogens (primary N) is 1. The lowest BCUT2D eigenvalue weighted by atomic mass is 9.76. The van der Waals surface area contributed by atoms with Crippen LogP contribution < -0.4 is 20.7 Å². The Morgan fingerprint density at radius 3 is 2.28 bits per heavy atom. The SMILES string of the molecule is Nc1nc(O[C@H](c2ccc(-c3ccc(Cl)cc3)cc2)C(F)(F)F)cc(N2CCC3(CC2)CN[C@H](C(=O)O)C3)n1. The van der Waals surface area contributed by atoms with Gasteiger partial charge in [-0.05, 0) is 47.9 Å². The Balaban J connectivity index is 1.32. The maximum atomic E-state index is 14.1. The van der Waals surface area contributed by atoms with Gasteiger partial charge in [0, 0.05) is 36.3 Å². The van der Waals surface area contributed by atoms with Crippen molar-refractivity contribution in [2.75, 3.05) is 30.3 Å². The lowest BCUT2D eigenvalue weighted by molar-refractivity contribution is -0.198. The molecule has 0 amide bonds. The van der Waals surface area contributed by atoms with E-state index in [4.69, 9.17) is 22.1 Å². The van der Waals surface area contributed by atoms with Crippen LogP contribution in [0.15, 0.2) is 54.6 Å². The number of rotatable bonds is 6. The van der Waals surface area contributed by atoms with Crippen molar-refractivity contribution in [3.8, 4) is 17.0 Å². The average Bonchev–Trinajstić information content (AvgIpc) is 3.31. The molecule has 0 aliphatic carbocycles. The minimum atomic E-state index is -4.71. The zero-order chi connectivity index (χ0) is 27.8. The average molecular weight is 562 g/mol. The third-order valence-corrected chi connectivity index (χ3v) is 7.69. The summed E-state index contributed by atoms with van der Waals surface area (Å²) in [5.74, 6) is -0.976. The summed E-state index contributed by atoms with van der Waals surface area (Å²) in [5.41, 5.74) is 7.20. The third kappa shape index (κ3) is 6.04. The number of nitrogens with zero attached hydrogens (tertiary/aromatic N) is 3. The minimum Gasteiger partial charge on any atom is -0.480 e. The topological polar surface area (TPSA) is 114 Å². The Hall–Kier alpha value is -3.57. The zero-order valence-corrected chi connectivity index (χ0v) is 21.5. The number of aliphatic carboxylic acids is 1. The van der Waals surface area contributed by atoms with E-state index in [2.05, 4.69) is 15.3 Å². The second kappa shape index (κ2) is 10.5. The number of carboxylic acid groups (broad SMARTS) is 1. The van der Waals surface area contributed by atoms with Gasteiger partial charge in [-0.1, -0.05) is 48.0 Å². The van der Waals surface area contributed by atoms with Crippen LogP contribution in [-0.2, 0) is 4.79 Å². The predicted octanol–water partition coefficient (Wildman–Crippen LogP) is 5.09. The normalized spacial score (nSPS) is 19.7. The fraction of sp³-hybridized carbons (Fsp3) is 0.370. The van der Waals surface area contributed by atoms with Gasteiger partial charge in [0.05, 0.1) is 0 Å². The highest BCUT2D eigenvalue weighted by Crippen LogP contribution is 2.41. The van der Waals surface area contributed by atoms with Gasteiger partial charge in [0.1, 0.15) is 11.9 Å². The van der Waals surface area contributed by atoms with E-state index >= 15 is 0 Å². The van der Waals surface area contributed by atoms with Crippen molar-refractivity contribution in [1.29, 1.82) is 0 Å². The van der Waals surface area contributed by atoms with Crippen LogP contribution in [0.1, 0.15) is 30.9 Å². The van der Waals surface area contributed by atoms with Crippen molar-refractivity contribution < 1.29 is 27.8 Å². The number of ether oxygens (including phenoxy) is 1. The van der Waals surface area contributed by atoms with E-state index in [0.717, 1.165) is 24.0 Å². The fourth-order valence-electron chi connectivity index (χ4n) is 5.27. The molecule has 12 heteroatoms. The van der Waals surface area contributed by atoms with E-state index in [-0.39, 0.29) is 22.8 Å². The van der Waals surface area contributed by atoms with Crippen LogP contribution in [0.25, 0.3) is 11.1 Å². The number of carbonyl (C=O) groups is 1. The van der Waals surface area contributed by atoms with Gasteiger partial charge in [0.2, 0.25) is 17.9 Å². The molecule has 3 aromatic rings. The van der Waals surface area contributed by atoms with Crippen LogP contribution in [0.5, 0.6) is 5.88 Å². The summed E-state index contributed by atoms with van der Waals surface area (Å²) in [7, 11) is 0. The molecule has 3 heterocycles. The minimum absolute atomic E-state index is 0.0828. The Bertz CT molecular complexity index is 1330. The second-order valence-corrected chi connectivity index (χ2v) is 10.5. The van der Waals surface area contributed by atoms with Crippen molar-refractivity contribution in [1.82, 2.24) is 15.3 Å². The molecule has 2 fully saturated rings. The zero-order valence-electron chi connectivity index (χ0n) is 20.8. The number of hydrogen-bond donors (Lipinski definition) is 3. The number of benzene rings is 2. The van der Waals surface area contributed by atoms with Crippen LogP contribution in [0.2, 0.25) is 5.02 Å². The van der Waals surface area contributed by atoms with Crippen molar-refractivity contribution in [3.05, 3.63) is 65.2 Å². The number of nitrogens with one attached hydrogen (secondary N) is 1. The summed E-state index contributed by atoms with van der Waals surface area (Å²) in [6.45, 7) is 1.72. The van der Waals surface area contributed by atoms with Gasteiger partial charge in [-0.25, -0.2) is 0 Å². The molecule has 2 saturated heterocycles. The predicted molar refractivity (Wildman–Crippen MR) is 141 cm³/mol. The largest absolute Gasteiger partial charge is 0.480 e. The summed E-state index contributed by atoms with van der Waals surface area (Å²) in [5, 5.41) is 12.9. The van der Waals surface area contributed by atoms with E-state index in [0.29, 0.717) is 36.9 Å². The first-order valence-electron chi connectivity index (χ1n) is 12.5. The number of carboxylic acids is 1. The van der Waals surface area contributed by atoms with E-state index in [1.807, 2.05) is 4.90 Å². The van der Waals surface area contributed by atoms with Crippen LogP contribution in [0.4, 0.5) is 24.9 Å². The Kier molecular flexibility index (Phi) is 7.30. The number of piperidine rings is 1.